The highest BCUT2D eigenvalue weighted by Gasteiger charge is 2.07. The van der Waals surface area contributed by atoms with Crippen LogP contribution in [0.15, 0.2) is 95.2 Å². The van der Waals surface area contributed by atoms with Crippen molar-refractivity contribution in [2.24, 2.45) is 4.99 Å². The third-order valence-corrected chi connectivity index (χ3v) is 6.89. The molecule has 0 atom stereocenters. The summed E-state index contributed by atoms with van der Waals surface area (Å²) in [5.74, 6) is 2.01. The Bertz CT molecular complexity index is 2430. The van der Waals surface area contributed by atoms with Crippen LogP contribution in [0.2, 0.25) is 0 Å². The number of H-pyrrole nitrogens is 2. The predicted octanol–water partition coefficient (Wildman–Crippen LogP) is 4.09. The standard InChI is InChI=1S/C19H18N6O3.C16H16N4O2/c1-11(2)28-14-5-3-13(4-6-14)21-16-7-8-25-17(23-16)12(10-20-25)9-15-18(26)24-19(27)22-15;1-11(2)22-14-5-3-13(4-6-14)18-15-7-8-20-16(19-15)12(10-21)9-17-20/h3-11,26H,1-2H3,(H2,22,24,27);3-11H,1-2H3,(H,18,19). The van der Waals surface area contributed by atoms with Crippen molar-refractivity contribution in [1.82, 2.24) is 39.2 Å². The van der Waals surface area contributed by atoms with Crippen LogP contribution in [0.3, 0.4) is 0 Å². The minimum atomic E-state index is -0.492. The highest BCUT2D eigenvalue weighted by Crippen LogP contribution is 2.21. The van der Waals surface area contributed by atoms with Gasteiger partial charge >= 0.3 is 5.69 Å². The normalized spacial score (nSPS) is 12.0. The summed E-state index contributed by atoms with van der Waals surface area (Å²) in [6.07, 6.45) is 9.18. The SMILES string of the molecule is CC(C)Oc1ccc(N=c2ccn3ncc(=Cc4[nH]c(=O)[nH]c4O)c3n2)cc1.CC(C)Oc1ccc(Nc2ccn3ncc(C=O)c3n2)cc1. The zero-order chi connectivity index (χ0) is 35.2. The van der Waals surface area contributed by atoms with Crippen molar-refractivity contribution in [2.45, 2.75) is 39.9 Å². The Balaban J connectivity index is 0.000000178. The molecule has 0 saturated carbocycles. The van der Waals surface area contributed by atoms with Crippen LogP contribution in [0.5, 0.6) is 17.4 Å². The molecule has 0 bridgehead atoms. The number of anilines is 2. The van der Waals surface area contributed by atoms with E-state index in [0.717, 1.165) is 29.2 Å². The van der Waals surface area contributed by atoms with Gasteiger partial charge in [0.15, 0.2) is 23.1 Å². The number of hydrogen-bond acceptors (Lipinski definition) is 11. The Morgan fingerprint density at radius 3 is 2.10 bits per heavy atom. The molecule has 15 nitrogen and oxygen atoms in total. The van der Waals surface area contributed by atoms with E-state index in [0.29, 0.717) is 33.4 Å². The van der Waals surface area contributed by atoms with E-state index in [1.54, 1.807) is 45.8 Å². The predicted molar refractivity (Wildman–Crippen MR) is 186 cm³/mol. The number of fused-ring (bicyclic) bond motifs is 2. The van der Waals surface area contributed by atoms with Gasteiger partial charge in [0.05, 0.1) is 35.9 Å². The molecule has 0 saturated heterocycles. The van der Waals surface area contributed by atoms with Crippen molar-refractivity contribution in [2.75, 3.05) is 5.32 Å². The molecule has 5 heterocycles. The van der Waals surface area contributed by atoms with E-state index in [2.05, 4.69) is 40.4 Å². The minimum absolute atomic E-state index is 0.109. The summed E-state index contributed by atoms with van der Waals surface area (Å²) in [5.41, 5.74) is 3.43. The number of aromatic amines is 2. The van der Waals surface area contributed by atoms with Crippen LogP contribution in [0.25, 0.3) is 17.4 Å². The number of nitrogens with one attached hydrogen (secondary N) is 3. The van der Waals surface area contributed by atoms with Gasteiger partial charge in [-0.3, -0.25) is 9.78 Å². The summed E-state index contributed by atoms with van der Waals surface area (Å²) in [6, 6.07) is 18.6. The van der Waals surface area contributed by atoms with Crippen LogP contribution < -0.4 is 31.2 Å². The highest BCUT2D eigenvalue weighted by atomic mass is 16.5. The van der Waals surface area contributed by atoms with Gasteiger partial charge in [-0.25, -0.2) is 28.8 Å². The van der Waals surface area contributed by atoms with Crippen LogP contribution in [0.1, 0.15) is 43.7 Å². The Labute approximate surface area is 284 Å². The number of hydrogen-bond donors (Lipinski definition) is 4. The lowest BCUT2D eigenvalue weighted by Crippen LogP contribution is -2.12. The fraction of sp³-hybridized carbons (Fsp3) is 0.171. The minimum Gasteiger partial charge on any atom is -0.493 e. The lowest BCUT2D eigenvalue weighted by atomic mass is 10.3. The molecule has 0 aliphatic heterocycles. The van der Waals surface area contributed by atoms with Crippen molar-refractivity contribution in [3.63, 3.8) is 0 Å². The first-order chi connectivity index (χ1) is 24.1. The molecule has 15 heteroatoms. The largest absolute Gasteiger partial charge is 0.493 e. The van der Waals surface area contributed by atoms with E-state index in [1.165, 1.54) is 6.20 Å². The maximum Gasteiger partial charge on any atom is 0.326 e. The van der Waals surface area contributed by atoms with Crippen molar-refractivity contribution in [3.8, 4) is 17.4 Å². The molecule has 0 unspecified atom stereocenters. The zero-order valence-corrected chi connectivity index (χ0v) is 27.6. The number of rotatable bonds is 9. The maximum absolute atomic E-state index is 11.3. The second kappa shape index (κ2) is 14.6. The average Bonchev–Trinajstić information content (AvgIpc) is 3.78. The first-order valence-corrected chi connectivity index (χ1v) is 15.7. The summed E-state index contributed by atoms with van der Waals surface area (Å²) in [7, 11) is 0. The molecule has 254 valence electrons. The van der Waals surface area contributed by atoms with Crippen molar-refractivity contribution in [3.05, 3.63) is 118 Å². The number of carbonyl (C=O) groups is 1. The van der Waals surface area contributed by atoms with Crippen LogP contribution in [-0.4, -0.2) is 62.8 Å². The third-order valence-electron chi connectivity index (χ3n) is 6.89. The molecule has 4 N–H and O–H groups in total. The van der Waals surface area contributed by atoms with Crippen molar-refractivity contribution in [1.29, 1.82) is 0 Å². The van der Waals surface area contributed by atoms with E-state index < -0.39 is 5.69 Å². The molecule has 0 aliphatic carbocycles. The molecule has 50 heavy (non-hydrogen) atoms. The third kappa shape index (κ3) is 8.02. The molecule has 0 fully saturated rings. The topological polar surface area (TPSA) is 189 Å². The Morgan fingerprint density at radius 1 is 0.820 bits per heavy atom. The number of carbonyl (C=O) groups excluding carboxylic acids is 1. The number of nitrogens with zero attached hydrogens (tertiary/aromatic N) is 7. The average molecular weight is 675 g/mol. The van der Waals surface area contributed by atoms with E-state index in [4.69, 9.17) is 9.47 Å². The first kappa shape index (κ1) is 33.1. The Morgan fingerprint density at radius 2 is 1.46 bits per heavy atom. The number of ether oxygens (including phenoxy) is 2. The van der Waals surface area contributed by atoms with E-state index >= 15 is 0 Å². The van der Waals surface area contributed by atoms with Gasteiger partial charge in [-0.1, -0.05) is 0 Å². The van der Waals surface area contributed by atoms with Gasteiger partial charge in [0, 0.05) is 29.4 Å². The van der Waals surface area contributed by atoms with Crippen LogP contribution in [0.4, 0.5) is 17.2 Å². The highest BCUT2D eigenvalue weighted by molar-refractivity contribution is 5.84. The zero-order valence-electron chi connectivity index (χ0n) is 27.6. The van der Waals surface area contributed by atoms with Crippen LogP contribution in [0, 0.1) is 0 Å². The molecular weight excluding hydrogens is 640 g/mol. The van der Waals surface area contributed by atoms with Crippen molar-refractivity contribution < 1.29 is 19.4 Å². The van der Waals surface area contributed by atoms with Crippen LogP contribution >= 0.6 is 0 Å². The fourth-order valence-corrected chi connectivity index (χ4v) is 4.77. The van der Waals surface area contributed by atoms with E-state index in [1.807, 2.05) is 76.2 Å². The molecule has 0 spiro atoms. The van der Waals surface area contributed by atoms with Crippen LogP contribution in [-0.2, 0) is 0 Å². The van der Waals surface area contributed by atoms with Gasteiger partial charge in [-0.2, -0.15) is 10.2 Å². The lowest BCUT2D eigenvalue weighted by Gasteiger charge is -2.11. The lowest BCUT2D eigenvalue weighted by molar-refractivity contribution is 0.112. The molecular formula is C35H34N10O5. The molecule has 0 radical (unpaired) electrons. The summed E-state index contributed by atoms with van der Waals surface area (Å²) in [6.45, 7) is 7.92. The van der Waals surface area contributed by atoms with Gasteiger partial charge in [0.25, 0.3) is 0 Å². The van der Waals surface area contributed by atoms with Gasteiger partial charge < -0.3 is 24.9 Å². The second-order valence-electron chi connectivity index (χ2n) is 11.5. The summed E-state index contributed by atoms with van der Waals surface area (Å²) >= 11 is 0. The molecule has 0 amide bonds. The quantitative estimate of drug-likeness (QED) is 0.162. The Hall–Kier alpha value is -6.77. The summed E-state index contributed by atoms with van der Waals surface area (Å²) < 4.78 is 14.4. The molecule has 7 aromatic rings. The van der Waals surface area contributed by atoms with E-state index in [9.17, 15) is 14.7 Å². The molecule has 0 aliphatic rings. The maximum atomic E-state index is 11.3. The number of aromatic hydroxyl groups is 1. The van der Waals surface area contributed by atoms with Gasteiger partial charge in [0.1, 0.15) is 23.0 Å². The number of benzene rings is 2. The first-order valence-electron chi connectivity index (χ1n) is 15.7. The van der Waals surface area contributed by atoms with Gasteiger partial charge in [-0.15, -0.1) is 0 Å². The monoisotopic (exact) mass is 674 g/mol. The Kier molecular flexibility index (Phi) is 9.65. The van der Waals surface area contributed by atoms with Gasteiger partial charge in [0.2, 0.25) is 5.88 Å². The number of imidazole rings is 1. The second-order valence-corrected chi connectivity index (χ2v) is 11.5. The summed E-state index contributed by atoms with van der Waals surface area (Å²) in [5, 5.41) is 21.8. The smallest absolute Gasteiger partial charge is 0.326 e. The van der Waals surface area contributed by atoms with Gasteiger partial charge in [-0.05, 0) is 88.4 Å². The van der Waals surface area contributed by atoms with Crippen molar-refractivity contribution >= 4 is 40.8 Å². The number of aromatic nitrogens is 8. The summed E-state index contributed by atoms with van der Waals surface area (Å²) in [4.78, 5) is 40.5. The molecule has 7 rings (SSSR count). The number of aldehydes is 1. The van der Waals surface area contributed by atoms with E-state index in [-0.39, 0.29) is 23.8 Å². The molecule has 2 aromatic carbocycles. The fourth-order valence-electron chi connectivity index (χ4n) is 4.77. The molecule has 5 aromatic heterocycles.